The molecule has 7 heteroatoms. The van der Waals surface area contributed by atoms with Gasteiger partial charge in [-0.25, -0.2) is 19.9 Å². The van der Waals surface area contributed by atoms with Crippen molar-refractivity contribution in [3.05, 3.63) is 197 Å². The minimum absolute atomic E-state index is 0.593. The Labute approximate surface area is 344 Å². The molecule has 0 aliphatic heterocycles. The zero-order valence-electron chi connectivity index (χ0n) is 31.9. The Morgan fingerprint density at radius 2 is 1.19 bits per heavy atom. The number of benzene rings is 7. The van der Waals surface area contributed by atoms with Crippen molar-refractivity contribution < 1.29 is 0 Å². The van der Waals surface area contributed by atoms with Crippen molar-refractivity contribution in [2.75, 3.05) is 0 Å². The maximum absolute atomic E-state index is 10.1. The number of para-hydroxylation sites is 2. The van der Waals surface area contributed by atoms with E-state index in [1.54, 1.807) is 11.3 Å². The number of fused-ring (bicyclic) bond motifs is 13. The van der Waals surface area contributed by atoms with Gasteiger partial charge in [-0.2, -0.15) is 5.26 Å². The van der Waals surface area contributed by atoms with Crippen molar-refractivity contribution in [2.24, 2.45) is 0 Å². The van der Waals surface area contributed by atoms with Crippen LogP contribution >= 0.6 is 11.3 Å². The van der Waals surface area contributed by atoms with Gasteiger partial charge in [-0.05, 0) is 87.0 Å². The number of hydrogen-bond donors (Lipinski definition) is 0. The summed E-state index contributed by atoms with van der Waals surface area (Å²) in [6, 6.07) is 60.2. The summed E-state index contributed by atoms with van der Waals surface area (Å²) in [6.45, 7) is 2.17. The molecule has 0 saturated heterocycles. The lowest BCUT2D eigenvalue weighted by Gasteiger charge is -2.30. The van der Waals surface area contributed by atoms with Crippen LogP contribution in [-0.4, -0.2) is 24.5 Å². The molecule has 3 heterocycles. The van der Waals surface area contributed by atoms with Crippen molar-refractivity contribution in [1.82, 2.24) is 24.5 Å². The average molecular weight is 773 g/mol. The molecule has 1 unspecified atom stereocenters. The second-order valence-corrected chi connectivity index (χ2v) is 16.2. The molecule has 1 spiro atoms. The summed E-state index contributed by atoms with van der Waals surface area (Å²) >= 11 is 1.54. The minimum Gasteiger partial charge on any atom is -0.296 e. The molecule has 6 nitrogen and oxygen atoms in total. The number of hydrogen-bond acceptors (Lipinski definition) is 6. The van der Waals surface area contributed by atoms with Crippen LogP contribution in [0.15, 0.2) is 164 Å². The summed E-state index contributed by atoms with van der Waals surface area (Å²) in [5.41, 5.74) is 15.0. The minimum atomic E-state index is -0.593. The third-order valence-electron chi connectivity index (χ3n) is 12.1. The van der Waals surface area contributed by atoms with E-state index in [1.807, 2.05) is 60.7 Å². The molecule has 276 valence electrons. The van der Waals surface area contributed by atoms with E-state index in [0.29, 0.717) is 22.4 Å². The highest BCUT2D eigenvalue weighted by atomic mass is 32.1. The lowest BCUT2D eigenvalue weighted by molar-refractivity contribution is 0.793. The van der Waals surface area contributed by atoms with Crippen molar-refractivity contribution in [3.63, 3.8) is 0 Å². The van der Waals surface area contributed by atoms with Gasteiger partial charge in [-0.1, -0.05) is 128 Å². The molecule has 0 radical (unpaired) electrons. The van der Waals surface area contributed by atoms with Crippen LogP contribution in [0, 0.1) is 11.3 Å². The summed E-state index contributed by atoms with van der Waals surface area (Å²) in [4.78, 5) is 20.9. The number of thiophene rings is 1. The van der Waals surface area contributed by atoms with E-state index >= 15 is 0 Å². The molecule has 0 bridgehead atoms. The lowest BCUT2D eigenvalue weighted by atomic mass is 9.70. The Morgan fingerprint density at radius 3 is 1.93 bits per heavy atom. The van der Waals surface area contributed by atoms with E-state index in [4.69, 9.17) is 19.9 Å². The van der Waals surface area contributed by atoms with E-state index in [1.165, 1.54) is 33.4 Å². The SMILES string of the molecule is CCc1nc2ccccc2n1-c1ccc2c(c1)-c1ccccc1C21c2ccc(-c3nc(-c4ccccc4)nc(-c4ccccc4)n3)cc2-c2c1ccc1sc(C#N)cc21. The fourth-order valence-corrected chi connectivity index (χ4v) is 10.5. The smallest absolute Gasteiger partial charge is 0.164 e. The predicted octanol–water partition coefficient (Wildman–Crippen LogP) is 12.2. The van der Waals surface area contributed by atoms with E-state index < -0.39 is 5.41 Å². The standard InChI is InChI=1S/C52H32N6S/c1-2-47-54-44-19-11-12-20-45(44)58(47)34-22-24-41-37(28-34)36-17-9-10-18-40(36)52(41)42-23-21-33(27-38(42)48-39-29-35(30-53)59-46(39)26-25-43(48)52)51-56-49(31-13-5-3-6-14-31)55-50(57-51)32-15-7-4-8-16-32/h3-29H,2H2,1H3. The lowest BCUT2D eigenvalue weighted by Crippen LogP contribution is -2.25. The van der Waals surface area contributed by atoms with Gasteiger partial charge in [0.2, 0.25) is 0 Å². The Hall–Kier alpha value is -7.53. The van der Waals surface area contributed by atoms with Crippen LogP contribution in [0.4, 0.5) is 0 Å². The molecule has 0 amide bonds. The van der Waals surface area contributed by atoms with Crippen LogP contribution in [0.25, 0.3) is 83.2 Å². The number of aromatic nitrogens is 5. The van der Waals surface area contributed by atoms with Crippen LogP contribution in [0.2, 0.25) is 0 Å². The maximum atomic E-state index is 10.1. The van der Waals surface area contributed by atoms with Crippen LogP contribution in [0.5, 0.6) is 0 Å². The zero-order valence-corrected chi connectivity index (χ0v) is 32.7. The highest BCUT2D eigenvalue weighted by Gasteiger charge is 2.52. The van der Waals surface area contributed by atoms with E-state index in [0.717, 1.165) is 66.9 Å². The molecule has 59 heavy (non-hydrogen) atoms. The summed E-state index contributed by atoms with van der Waals surface area (Å²) < 4.78 is 3.40. The topological polar surface area (TPSA) is 80.3 Å². The number of rotatable bonds is 5. The number of aryl methyl sites for hydroxylation is 1. The van der Waals surface area contributed by atoms with Gasteiger partial charge in [0, 0.05) is 38.9 Å². The molecule has 1 atom stereocenters. The summed E-state index contributed by atoms with van der Waals surface area (Å²) in [6.07, 6.45) is 0.817. The fourth-order valence-electron chi connectivity index (χ4n) is 9.66. The van der Waals surface area contributed by atoms with Crippen molar-refractivity contribution >= 4 is 32.5 Å². The largest absolute Gasteiger partial charge is 0.296 e. The van der Waals surface area contributed by atoms with E-state index in [-0.39, 0.29) is 0 Å². The molecule has 3 aromatic heterocycles. The number of nitrogens with zero attached hydrogens (tertiary/aromatic N) is 6. The monoisotopic (exact) mass is 772 g/mol. The van der Waals surface area contributed by atoms with Gasteiger partial charge in [0.1, 0.15) is 16.8 Å². The maximum Gasteiger partial charge on any atom is 0.164 e. The van der Waals surface area contributed by atoms with Gasteiger partial charge < -0.3 is 0 Å². The van der Waals surface area contributed by atoms with Gasteiger partial charge in [-0.3, -0.25) is 4.57 Å². The van der Waals surface area contributed by atoms with Gasteiger partial charge in [-0.15, -0.1) is 11.3 Å². The summed E-state index contributed by atoms with van der Waals surface area (Å²) in [5.74, 6) is 2.89. The Kier molecular flexibility index (Phi) is 7.25. The second kappa shape index (κ2) is 12.7. The molecule has 12 rings (SSSR count). The molecular formula is C52H32N6S. The molecule has 2 aliphatic rings. The Morgan fingerprint density at radius 1 is 0.559 bits per heavy atom. The van der Waals surface area contributed by atoms with Crippen molar-refractivity contribution in [3.8, 4) is 68.2 Å². The first-order chi connectivity index (χ1) is 29.1. The first-order valence-corrected chi connectivity index (χ1v) is 20.7. The van der Waals surface area contributed by atoms with Crippen LogP contribution in [0.1, 0.15) is 39.9 Å². The van der Waals surface area contributed by atoms with E-state index in [9.17, 15) is 5.26 Å². The van der Waals surface area contributed by atoms with Crippen molar-refractivity contribution in [2.45, 2.75) is 18.8 Å². The molecule has 0 fully saturated rings. The van der Waals surface area contributed by atoms with Crippen LogP contribution < -0.4 is 0 Å². The normalized spacial score (nSPS) is 14.6. The van der Waals surface area contributed by atoms with Crippen LogP contribution in [0.3, 0.4) is 0 Å². The highest BCUT2D eigenvalue weighted by Crippen LogP contribution is 2.64. The first-order valence-electron chi connectivity index (χ1n) is 19.8. The van der Waals surface area contributed by atoms with Crippen LogP contribution in [-0.2, 0) is 11.8 Å². The van der Waals surface area contributed by atoms with Gasteiger partial charge in [0.05, 0.1) is 16.4 Å². The predicted molar refractivity (Wildman–Crippen MR) is 237 cm³/mol. The highest BCUT2D eigenvalue weighted by molar-refractivity contribution is 7.19. The average Bonchev–Trinajstić information content (AvgIpc) is 4.05. The molecule has 2 aliphatic carbocycles. The van der Waals surface area contributed by atoms with Gasteiger partial charge in [0.25, 0.3) is 0 Å². The third-order valence-corrected chi connectivity index (χ3v) is 13.1. The van der Waals surface area contributed by atoms with Crippen molar-refractivity contribution in [1.29, 1.82) is 5.26 Å². The fraction of sp³-hybridized carbons (Fsp3) is 0.0577. The quantitative estimate of drug-likeness (QED) is 0.174. The molecule has 10 aromatic rings. The molecule has 0 saturated carbocycles. The summed E-state index contributed by atoms with van der Waals surface area (Å²) in [5, 5.41) is 11.2. The molecule has 0 N–H and O–H groups in total. The first kappa shape index (κ1) is 33.6. The second-order valence-electron chi connectivity index (χ2n) is 15.2. The number of nitriles is 1. The summed E-state index contributed by atoms with van der Waals surface area (Å²) in [7, 11) is 0. The van der Waals surface area contributed by atoms with Gasteiger partial charge >= 0.3 is 0 Å². The zero-order chi connectivity index (χ0) is 39.2. The Bertz CT molecular complexity index is 3340. The number of imidazole rings is 1. The Balaban J connectivity index is 1.13. The van der Waals surface area contributed by atoms with Gasteiger partial charge in [0.15, 0.2) is 17.5 Å². The third kappa shape index (κ3) is 4.78. The van der Waals surface area contributed by atoms with E-state index in [2.05, 4.69) is 121 Å². The molecular weight excluding hydrogens is 741 g/mol. The molecule has 7 aromatic carbocycles.